The van der Waals surface area contributed by atoms with Gasteiger partial charge in [0.25, 0.3) is 5.69 Å². The molecule has 9 nitrogen and oxygen atoms in total. The number of nitrogens with zero attached hydrogens (tertiary/aromatic N) is 3. The molecule has 0 saturated heterocycles. The highest BCUT2D eigenvalue weighted by Crippen LogP contribution is 2.15. The van der Waals surface area contributed by atoms with Crippen molar-refractivity contribution >= 4 is 17.8 Å². The molecule has 0 N–H and O–H groups in total. The first-order chi connectivity index (χ1) is 10.1. The van der Waals surface area contributed by atoms with Crippen LogP contribution in [-0.2, 0) is 11.4 Å². The number of hydrogen-bond donors (Lipinski definition) is 0. The number of hydrogen-bond acceptors (Lipinski definition) is 7. The molecule has 0 radical (unpaired) electrons. The second-order valence-corrected chi connectivity index (χ2v) is 3.87. The van der Waals surface area contributed by atoms with Crippen LogP contribution in [-0.4, -0.2) is 16.1 Å². The van der Waals surface area contributed by atoms with Crippen LogP contribution in [0.25, 0.3) is 0 Å². The highest BCUT2D eigenvalue weighted by atomic mass is 16.7. The molecule has 0 atom stereocenters. The molecule has 0 aliphatic heterocycles. The van der Waals surface area contributed by atoms with Crippen molar-refractivity contribution in [3.8, 4) is 0 Å². The summed E-state index contributed by atoms with van der Waals surface area (Å²) in [6.07, 6.45) is 1.17. The van der Waals surface area contributed by atoms with Crippen LogP contribution in [0.2, 0.25) is 0 Å². The van der Waals surface area contributed by atoms with E-state index in [1.807, 2.05) is 0 Å². The largest absolute Gasteiger partial charge is 0.433 e. The van der Waals surface area contributed by atoms with Crippen LogP contribution in [0.4, 0.5) is 11.6 Å². The van der Waals surface area contributed by atoms with Crippen molar-refractivity contribution in [3.05, 3.63) is 68.0 Å². The highest BCUT2D eigenvalue weighted by molar-refractivity contribution is 5.75. The van der Waals surface area contributed by atoms with E-state index >= 15 is 0 Å². The Morgan fingerprint density at radius 2 is 2.00 bits per heavy atom. The minimum absolute atomic E-state index is 0.0288. The molecule has 2 rings (SSSR count). The standard InChI is InChI=1S/C12H9N3O6/c16-14(17)10-3-1-2-9(6-10)8-20-13-7-11-4-5-12(21-11)15(18)19/h1-7H,8H2/b13-7-. The number of nitro benzene ring substituents is 1. The van der Waals surface area contributed by atoms with E-state index < -0.39 is 15.7 Å². The van der Waals surface area contributed by atoms with E-state index in [1.165, 1.54) is 36.5 Å². The average Bonchev–Trinajstić information content (AvgIpc) is 2.93. The topological polar surface area (TPSA) is 121 Å². The first-order valence-corrected chi connectivity index (χ1v) is 5.69. The molecule has 9 heteroatoms. The summed E-state index contributed by atoms with van der Waals surface area (Å²) >= 11 is 0. The maximum absolute atomic E-state index is 10.6. The Balaban J connectivity index is 1.91. The summed E-state index contributed by atoms with van der Waals surface area (Å²) in [7, 11) is 0. The lowest BCUT2D eigenvalue weighted by atomic mass is 10.2. The van der Waals surface area contributed by atoms with Crippen LogP contribution < -0.4 is 0 Å². The van der Waals surface area contributed by atoms with Crippen LogP contribution in [0.3, 0.4) is 0 Å². The third-order valence-corrected chi connectivity index (χ3v) is 2.40. The molecule has 0 amide bonds. The molecule has 0 aliphatic carbocycles. The molecule has 0 bridgehead atoms. The van der Waals surface area contributed by atoms with Gasteiger partial charge in [0.05, 0.1) is 11.0 Å². The van der Waals surface area contributed by atoms with E-state index in [-0.39, 0.29) is 18.1 Å². The Morgan fingerprint density at radius 1 is 1.19 bits per heavy atom. The number of furan rings is 1. The normalized spacial score (nSPS) is 10.7. The molecule has 0 saturated carbocycles. The van der Waals surface area contributed by atoms with Gasteiger partial charge in [-0.1, -0.05) is 17.3 Å². The van der Waals surface area contributed by atoms with Gasteiger partial charge in [0.1, 0.15) is 17.7 Å². The highest BCUT2D eigenvalue weighted by Gasteiger charge is 2.10. The van der Waals surface area contributed by atoms with Gasteiger partial charge in [-0.25, -0.2) is 0 Å². The van der Waals surface area contributed by atoms with E-state index in [9.17, 15) is 20.2 Å². The van der Waals surface area contributed by atoms with Gasteiger partial charge in [-0.05, 0) is 11.6 Å². The van der Waals surface area contributed by atoms with Crippen molar-refractivity contribution in [2.75, 3.05) is 0 Å². The SMILES string of the molecule is O=[N+]([O-])c1cccc(CO/N=C\c2ccc([N+](=O)[O-])o2)c1. The molecule has 2 aromatic rings. The van der Waals surface area contributed by atoms with Gasteiger partial charge in [0.15, 0.2) is 5.76 Å². The monoisotopic (exact) mass is 291 g/mol. The van der Waals surface area contributed by atoms with E-state index in [0.717, 1.165) is 0 Å². The maximum atomic E-state index is 10.6. The molecule has 1 heterocycles. The van der Waals surface area contributed by atoms with Crippen molar-refractivity contribution in [2.45, 2.75) is 6.61 Å². The summed E-state index contributed by atoms with van der Waals surface area (Å²) in [5.74, 6) is -0.226. The van der Waals surface area contributed by atoms with E-state index in [0.29, 0.717) is 5.56 Å². The Hall–Kier alpha value is -3.23. The van der Waals surface area contributed by atoms with Crippen molar-refractivity contribution in [3.63, 3.8) is 0 Å². The minimum Gasteiger partial charge on any atom is -0.400 e. The van der Waals surface area contributed by atoms with Crippen molar-refractivity contribution in [1.29, 1.82) is 0 Å². The minimum atomic E-state index is -0.665. The fourth-order valence-electron chi connectivity index (χ4n) is 1.47. The zero-order valence-electron chi connectivity index (χ0n) is 10.5. The van der Waals surface area contributed by atoms with Gasteiger partial charge >= 0.3 is 5.88 Å². The Labute approximate surface area is 117 Å². The van der Waals surface area contributed by atoms with Crippen LogP contribution >= 0.6 is 0 Å². The predicted molar refractivity (Wildman–Crippen MR) is 70.8 cm³/mol. The number of non-ortho nitro benzene ring substituents is 1. The summed E-state index contributed by atoms with van der Waals surface area (Å²) < 4.78 is 4.83. The lowest BCUT2D eigenvalue weighted by Gasteiger charge is -1.99. The first-order valence-electron chi connectivity index (χ1n) is 5.69. The summed E-state index contributed by atoms with van der Waals surface area (Å²) in [6, 6.07) is 8.50. The fourth-order valence-corrected chi connectivity index (χ4v) is 1.47. The molecule has 0 unspecified atom stereocenters. The smallest absolute Gasteiger partial charge is 0.400 e. The van der Waals surface area contributed by atoms with E-state index in [1.54, 1.807) is 6.07 Å². The third-order valence-electron chi connectivity index (χ3n) is 2.40. The fraction of sp³-hybridized carbons (Fsp3) is 0.0833. The van der Waals surface area contributed by atoms with Gasteiger partial charge in [0.2, 0.25) is 0 Å². The van der Waals surface area contributed by atoms with Gasteiger partial charge < -0.3 is 9.25 Å². The lowest BCUT2D eigenvalue weighted by molar-refractivity contribution is -0.402. The molecule has 0 spiro atoms. The number of benzene rings is 1. The van der Waals surface area contributed by atoms with Crippen molar-refractivity contribution in [2.24, 2.45) is 5.16 Å². The zero-order valence-corrected chi connectivity index (χ0v) is 10.5. The van der Waals surface area contributed by atoms with Crippen molar-refractivity contribution < 1.29 is 19.1 Å². The predicted octanol–water partition coefficient (Wildman–Crippen LogP) is 2.65. The summed E-state index contributed by atoms with van der Waals surface area (Å²) in [6.45, 7) is 0.0288. The quantitative estimate of drug-likeness (QED) is 0.458. The van der Waals surface area contributed by atoms with Gasteiger partial charge in [-0.15, -0.1) is 0 Å². The third kappa shape index (κ3) is 3.86. The number of rotatable bonds is 6. The molecular formula is C12H9N3O6. The van der Waals surface area contributed by atoms with E-state index in [4.69, 9.17) is 9.25 Å². The number of oxime groups is 1. The molecule has 0 aliphatic rings. The van der Waals surface area contributed by atoms with E-state index in [2.05, 4.69) is 5.16 Å². The Bertz CT molecular complexity index is 694. The molecule has 21 heavy (non-hydrogen) atoms. The van der Waals surface area contributed by atoms with Crippen LogP contribution in [0.15, 0.2) is 46.0 Å². The van der Waals surface area contributed by atoms with Crippen molar-refractivity contribution in [1.82, 2.24) is 0 Å². The lowest BCUT2D eigenvalue weighted by Crippen LogP contribution is -1.92. The number of nitro groups is 2. The molecule has 0 fully saturated rings. The zero-order chi connectivity index (χ0) is 15.2. The molecular weight excluding hydrogens is 282 g/mol. The van der Waals surface area contributed by atoms with Gasteiger partial charge in [0, 0.05) is 12.1 Å². The Morgan fingerprint density at radius 3 is 2.67 bits per heavy atom. The Kier molecular flexibility index (Phi) is 4.24. The van der Waals surface area contributed by atoms with Crippen LogP contribution in [0.5, 0.6) is 0 Å². The summed E-state index contributed by atoms with van der Waals surface area (Å²) in [4.78, 5) is 24.8. The molecule has 1 aromatic heterocycles. The summed E-state index contributed by atoms with van der Waals surface area (Å²) in [5.41, 5.74) is 0.536. The average molecular weight is 291 g/mol. The van der Waals surface area contributed by atoms with Gasteiger partial charge in [-0.3, -0.25) is 20.2 Å². The maximum Gasteiger partial charge on any atom is 0.433 e. The second kappa shape index (κ2) is 6.28. The molecule has 1 aromatic carbocycles. The first kappa shape index (κ1) is 14.2. The summed E-state index contributed by atoms with van der Waals surface area (Å²) in [5, 5.41) is 24.6. The van der Waals surface area contributed by atoms with Crippen LogP contribution in [0.1, 0.15) is 11.3 Å². The molecule has 108 valence electrons. The second-order valence-electron chi connectivity index (χ2n) is 3.87. The van der Waals surface area contributed by atoms with Gasteiger partial charge in [-0.2, -0.15) is 0 Å². The van der Waals surface area contributed by atoms with Crippen LogP contribution in [0, 0.1) is 20.2 Å².